The maximum absolute atomic E-state index is 11.9. The third kappa shape index (κ3) is 4.33. The van der Waals surface area contributed by atoms with E-state index in [-0.39, 0.29) is 22.3 Å². The Balaban J connectivity index is 2.07. The monoisotopic (exact) mass is 369 g/mol. The summed E-state index contributed by atoms with van der Waals surface area (Å²) < 4.78 is 5.23. The number of ether oxygens (including phenoxy) is 1. The van der Waals surface area contributed by atoms with Crippen LogP contribution in [0, 0.1) is 24.0 Å². The van der Waals surface area contributed by atoms with Crippen molar-refractivity contribution in [3.8, 4) is 5.75 Å². The minimum Gasteiger partial charge on any atom is -0.477 e. The van der Waals surface area contributed by atoms with Crippen LogP contribution in [-0.4, -0.2) is 22.4 Å². The molecule has 1 aromatic heterocycles. The van der Waals surface area contributed by atoms with Gasteiger partial charge in [-0.3, -0.25) is 14.9 Å². The molecule has 2 aromatic rings. The molecule has 0 aliphatic carbocycles. The molecule has 24 heavy (non-hydrogen) atoms. The van der Waals surface area contributed by atoms with Crippen LogP contribution < -0.4 is 10.1 Å². The van der Waals surface area contributed by atoms with Gasteiger partial charge in [0, 0.05) is 6.07 Å². The van der Waals surface area contributed by atoms with Crippen molar-refractivity contribution < 1.29 is 14.5 Å². The molecule has 9 heteroatoms. The summed E-state index contributed by atoms with van der Waals surface area (Å²) >= 11 is 11.8. The summed E-state index contributed by atoms with van der Waals surface area (Å²) in [5.41, 5.74) is 1.01. The van der Waals surface area contributed by atoms with Gasteiger partial charge in [-0.25, -0.2) is 4.98 Å². The zero-order valence-electron chi connectivity index (χ0n) is 12.8. The number of nitrogens with zero attached hydrogens (tertiary/aromatic N) is 2. The van der Waals surface area contributed by atoms with Gasteiger partial charge in [0.1, 0.15) is 0 Å². The van der Waals surface area contributed by atoms with E-state index in [0.29, 0.717) is 16.3 Å². The van der Waals surface area contributed by atoms with Crippen LogP contribution in [0.5, 0.6) is 5.75 Å². The van der Waals surface area contributed by atoms with Crippen molar-refractivity contribution in [2.75, 3.05) is 11.9 Å². The van der Waals surface area contributed by atoms with Gasteiger partial charge in [0.2, 0.25) is 0 Å². The summed E-state index contributed by atoms with van der Waals surface area (Å²) in [4.78, 5) is 26.5. The van der Waals surface area contributed by atoms with Crippen molar-refractivity contribution >= 4 is 40.6 Å². The van der Waals surface area contributed by atoms with Crippen molar-refractivity contribution in [1.29, 1.82) is 0 Å². The molecule has 0 aliphatic heterocycles. The highest BCUT2D eigenvalue weighted by Crippen LogP contribution is 2.28. The van der Waals surface area contributed by atoms with Gasteiger partial charge in [-0.1, -0.05) is 29.3 Å². The molecule has 0 fully saturated rings. The summed E-state index contributed by atoms with van der Waals surface area (Å²) in [6, 6.07) is 5.93. The number of nitro benzene ring substituents is 1. The van der Waals surface area contributed by atoms with Crippen LogP contribution in [0.2, 0.25) is 10.0 Å². The number of amides is 1. The van der Waals surface area contributed by atoms with Crippen molar-refractivity contribution in [1.82, 2.24) is 4.98 Å². The van der Waals surface area contributed by atoms with Gasteiger partial charge in [0.25, 0.3) is 5.91 Å². The quantitative estimate of drug-likeness (QED) is 0.636. The van der Waals surface area contributed by atoms with E-state index in [1.54, 1.807) is 19.9 Å². The molecule has 2 rings (SSSR count). The minimum atomic E-state index is -0.568. The number of hydrogen-bond acceptors (Lipinski definition) is 5. The van der Waals surface area contributed by atoms with E-state index in [1.807, 2.05) is 0 Å². The average molecular weight is 370 g/mol. The lowest BCUT2D eigenvalue weighted by Gasteiger charge is -2.10. The lowest BCUT2D eigenvalue weighted by atomic mass is 10.2. The predicted octanol–water partition coefficient (Wildman–Crippen LogP) is 3.93. The number of carbonyl (C=O) groups excluding carboxylic acids is 1. The number of nitro groups is 1. The highest BCUT2D eigenvalue weighted by molar-refractivity contribution is 6.36. The standard InChI is InChI=1S/C15H13Cl2N3O4/c1-8-3-4-13(12(5-8)20(22)23)24-7-14(21)19-15-11(17)6-10(16)9(2)18-15/h3-6H,7H2,1-2H3,(H,18,19,21). The highest BCUT2D eigenvalue weighted by atomic mass is 35.5. The van der Waals surface area contributed by atoms with E-state index in [0.717, 1.165) is 0 Å². The summed E-state index contributed by atoms with van der Waals surface area (Å²) in [5, 5.41) is 14.0. The Morgan fingerprint density at radius 3 is 2.67 bits per heavy atom. The fourth-order valence-electron chi connectivity index (χ4n) is 1.85. The first kappa shape index (κ1) is 18.0. The molecule has 7 nitrogen and oxygen atoms in total. The molecule has 1 amide bonds. The van der Waals surface area contributed by atoms with E-state index in [9.17, 15) is 14.9 Å². The second-order valence-corrected chi connectivity index (χ2v) is 5.77. The third-order valence-electron chi connectivity index (χ3n) is 3.03. The van der Waals surface area contributed by atoms with E-state index in [1.165, 1.54) is 18.2 Å². The van der Waals surface area contributed by atoms with Crippen LogP contribution >= 0.6 is 23.2 Å². The maximum Gasteiger partial charge on any atom is 0.311 e. The number of rotatable bonds is 5. The zero-order chi connectivity index (χ0) is 17.9. The molecule has 0 bridgehead atoms. The summed E-state index contributed by atoms with van der Waals surface area (Å²) in [6.45, 7) is 2.96. The molecule has 0 atom stereocenters. The molecule has 1 heterocycles. The first-order chi connectivity index (χ1) is 11.3. The van der Waals surface area contributed by atoms with Gasteiger partial charge < -0.3 is 10.1 Å². The number of hydrogen-bond donors (Lipinski definition) is 1. The first-order valence-corrected chi connectivity index (χ1v) is 7.54. The number of pyridine rings is 1. The molecule has 0 saturated heterocycles. The Kier molecular flexibility index (Phi) is 5.58. The van der Waals surface area contributed by atoms with Gasteiger partial charge in [0.05, 0.1) is 20.7 Å². The molecule has 126 valence electrons. The number of halogens is 2. The Morgan fingerprint density at radius 2 is 2.00 bits per heavy atom. The third-order valence-corrected chi connectivity index (χ3v) is 3.70. The predicted molar refractivity (Wildman–Crippen MR) is 91.0 cm³/mol. The van der Waals surface area contributed by atoms with E-state index < -0.39 is 17.4 Å². The first-order valence-electron chi connectivity index (χ1n) is 6.78. The lowest BCUT2D eigenvalue weighted by molar-refractivity contribution is -0.385. The summed E-state index contributed by atoms with van der Waals surface area (Å²) in [6.07, 6.45) is 0. The summed E-state index contributed by atoms with van der Waals surface area (Å²) in [5.74, 6) is -0.404. The van der Waals surface area contributed by atoms with E-state index in [4.69, 9.17) is 27.9 Å². The Labute approximate surface area is 147 Å². The van der Waals surface area contributed by atoms with Gasteiger partial charge in [0.15, 0.2) is 18.2 Å². The Morgan fingerprint density at radius 1 is 1.29 bits per heavy atom. The number of aryl methyl sites for hydroxylation is 2. The van der Waals surface area contributed by atoms with Gasteiger partial charge in [-0.15, -0.1) is 0 Å². The van der Waals surface area contributed by atoms with Crippen LogP contribution in [0.1, 0.15) is 11.3 Å². The lowest BCUT2D eigenvalue weighted by Crippen LogP contribution is -2.21. The summed E-state index contributed by atoms with van der Waals surface area (Å²) in [7, 11) is 0. The van der Waals surface area contributed by atoms with Gasteiger partial charge in [-0.05, 0) is 31.5 Å². The second kappa shape index (κ2) is 7.46. The average Bonchev–Trinajstić information content (AvgIpc) is 2.51. The van der Waals surface area contributed by atoms with Crippen LogP contribution in [0.25, 0.3) is 0 Å². The van der Waals surface area contributed by atoms with Crippen LogP contribution in [0.15, 0.2) is 24.3 Å². The van der Waals surface area contributed by atoms with Crippen molar-refractivity contribution in [3.63, 3.8) is 0 Å². The van der Waals surface area contributed by atoms with Gasteiger partial charge in [-0.2, -0.15) is 0 Å². The molecule has 0 saturated carbocycles. The number of benzene rings is 1. The highest BCUT2D eigenvalue weighted by Gasteiger charge is 2.17. The number of anilines is 1. The molecule has 1 N–H and O–H groups in total. The minimum absolute atomic E-state index is 0.00657. The number of nitrogens with one attached hydrogen (secondary N) is 1. The largest absolute Gasteiger partial charge is 0.477 e. The Bertz CT molecular complexity index is 812. The van der Waals surface area contributed by atoms with Crippen LogP contribution in [0.3, 0.4) is 0 Å². The smallest absolute Gasteiger partial charge is 0.311 e. The normalized spacial score (nSPS) is 10.3. The van der Waals surface area contributed by atoms with Crippen molar-refractivity contribution in [3.05, 3.63) is 55.7 Å². The molecule has 0 spiro atoms. The number of carbonyl (C=O) groups is 1. The van der Waals surface area contributed by atoms with Gasteiger partial charge >= 0.3 is 5.69 Å². The molecular weight excluding hydrogens is 357 g/mol. The fraction of sp³-hybridized carbons (Fsp3) is 0.200. The zero-order valence-corrected chi connectivity index (χ0v) is 14.3. The van der Waals surface area contributed by atoms with E-state index in [2.05, 4.69) is 10.3 Å². The van der Waals surface area contributed by atoms with Crippen LogP contribution in [-0.2, 0) is 4.79 Å². The SMILES string of the molecule is Cc1ccc(OCC(=O)Nc2nc(C)c(Cl)cc2Cl)c([N+](=O)[O-])c1. The van der Waals surface area contributed by atoms with Crippen molar-refractivity contribution in [2.24, 2.45) is 0 Å². The molecule has 1 aromatic carbocycles. The topological polar surface area (TPSA) is 94.4 Å². The maximum atomic E-state index is 11.9. The molecule has 0 aliphatic rings. The van der Waals surface area contributed by atoms with Crippen molar-refractivity contribution in [2.45, 2.75) is 13.8 Å². The second-order valence-electron chi connectivity index (χ2n) is 4.95. The number of aromatic nitrogens is 1. The fourth-order valence-corrected chi connectivity index (χ4v) is 2.26. The molecule has 0 radical (unpaired) electrons. The molecule has 0 unspecified atom stereocenters. The Hall–Kier alpha value is -2.38. The van der Waals surface area contributed by atoms with Crippen LogP contribution in [0.4, 0.5) is 11.5 Å². The molecular formula is C15H13Cl2N3O4. The van der Waals surface area contributed by atoms with E-state index >= 15 is 0 Å².